The average Bonchev–Trinajstić information content (AvgIpc) is 2.54. The molecule has 11 heteroatoms. The van der Waals surface area contributed by atoms with E-state index in [2.05, 4.69) is 20.6 Å². The molecule has 32 heavy (non-hydrogen) atoms. The van der Waals surface area contributed by atoms with Gasteiger partial charge in [0.2, 0.25) is 17.8 Å². The summed E-state index contributed by atoms with van der Waals surface area (Å²) in [5.41, 5.74) is -1.19. The number of amides is 2. The molecule has 1 aromatic rings. The van der Waals surface area contributed by atoms with Gasteiger partial charge in [-0.1, -0.05) is 13.8 Å². The molecule has 0 aromatic carbocycles. The first-order valence-corrected chi connectivity index (χ1v) is 10.9. The Bertz CT molecular complexity index is 984. The number of rotatable bonds is 4. The highest BCUT2D eigenvalue weighted by Gasteiger charge is 2.81. The minimum absolute atomic E-state index is 0.0651. The van der Waals surface area contributed by atoms with Crippen molar-refractivity contribution in [3.8, 4) is 0 Å². The normalized spacial score (nSPS) is 31.4. The standard InChI is InChI=1S/C21H27F3N6O2/c1-10(2)14-16(31)27-13-11(3)25-18(28-15(13)29(14)4)26-12-5-30(6-12)17(32)19-7-20(8-19,9-19)21(22,23)24/h10,12,14H,5-9H2,1-4H3,(H,27,31)(H,25,26,28). The molecule has 5 aliphatic rings. The fraction of sp³-hybridized carbons (Fsp3) is 0.714. The van der Waals surface area contributed by atoms with Crippen LogP contribution in [0.2, 0.25) is 0 Å². The van der Waals surface area contributed by atoms with E-state index in [9.17, 15) is 22.8 Å². The van der Waals surface area contributed by atoms with Gasteiger partial charge in [-0.2, -0.15) is 18.2 Å². The van der Waals surface area contributed by atoms with Gasteiger partial charge in [0.1, 0.15) is 11.7 Å². The van der Waals surface area contributed by atoms with Gasteiger partial charge in [-0.15, -0.1) is 0 Å². The van der Waals surface area contributed by atoms with Crippen LogP contribution in [0, 0.1) is 23.7 Å². The Morgan fingerprint density at radius 3 is 2.41 bits per heavy atom. The molecule has 2 N–H and O–H groups in total. The van der Waals surface area contributed by atoms with Crippen LogP contribution < -0.4 is 15.5 Å². The zero-order valence-corrected chi connectivity index (χ0v) is 18.5. The van der Waals surface area contributed by atoms with Crippen molar-refractivity contribution >= 4 is 29.3 Å². The number of hydrogen-bond acceptors (Lipinski definition) is 6. The Morgan fingerprint density at radius 1 is 1.22 bits per heavy atom. The second-order valence-corrected chi connectivity index (χ2v) is 10.3. The number of nitrogens with one attached hydrogen (secondary N) is 2. The third kappa shape index (κ3) is 2.82. The van der Waals surface area contributed by atoms with Crippen LogP contribution in [0.4, 0.5) is 30.6 Å². The van der Waals surface area contributed by atoms with E-state index in [-0.39, 0.29) is 49.1 Å². The number of carbonyl (C=O) groups is 2. The minimum Gasteiger partial charge on any atom is -0.348 e. The Morgan fingerprint density at radius 2 is 1.84 bits per heavy atom. The third-order valence-corrected chi connectivity index (χ3v) is 7.56. The van der Waals surface area contributed by atoms with Gasteiger partial charge in [0.25, 0.3) is 0 Å². The predicted molar refractivity (Wildman–Crippen MR) is 111 cm³/mol. The van der Waals surface area contributed by atoms with E-state index in [4.69, 9.17) is 0 Å². The topological polar surface area (TPSA) is 90.5 Å². The largest absolute Gasteiger partial charge is 0.394 e. The summed E-state index contributed by atoms with van der Waals surface area (Å²) in [5.74, 6) is 0.893. The number of aryl methyl sites for hydroxylation is 1. The van der Waals surface area contributed by atoms with Gasteiger partial charge in [-0.3, -0.25) is 9.59 Å². The van der Waals surface area contributed by atoms with Crippen LogP contribution in [0.3, 0.4) is 0 Å². The maximum Gasteiger partial charge on any atom is 0.394 e. The summed E-state index contributed by atoms with van der Waals surface area (Å²) < 4.78 is 39.2. The van der Waals surface area contributed by atoms with Crippen molar-refractivity contribution in [3.63, 3.8) is 0 Å². The van der Waals surface area contributed by atoms with E-state index in [1.165, 1.54) is 0 Å². The molecule has 2 amide bonds. The van der Waals surface area contributed by atoms with E-state index >= 15 is 0 Å². The first kappa shape index (κ1) is 21.3. The van der Waals surface area contributed by atoms with Crippen LogP contribution in [0.15, 0.2) is 0 Å². The van der Waals surface area contributed by atoms with Crippen molar-refractivity contribution in [2.75, 3.05) is 35.7 Å². The molecule has 1 saturated heterocycles. The zero-order valence-electron chi connectivity index (χ0n) is 18.5. The van der Waals surface area contributed by atoms with E-state index in [0.717, 1.165) is 0 Å². The summed E-state index contributed by atoms with van der Waals surface area (Å²) in [6.45, 7) is 6.58. The van der Waals surface area contributed by atoms with E-state index in [1.807, 2.05) is 25.8 Å². The highest BCUT2D eigenvalue weighted by atomic mass is 19.4. The number of halogens is 3. The molecule has 3 aliphatic carbocycles. The summed E-state index contributed by atoms with van der Waals surface area (Å²) in [6, 6.07) is -0.404. The predicted octanol–water partition coefficient (Wildman–Crippen LogP) is 2.55. The number of likely N-dealkylation sites (N-methyl/N-ethyl adjacent to an activating group) is 1. The second-order valence-electron chi connectivity index (χ2n) is 10.3. The Kier molecular flexibility index (Phi) is 4.30. The Balaban J connectivity index is 1.22. The highest BCUT2D eigenvalue weighted by molar-refractivity contribution is 6.03. The second kappa shape index (κ2) is 6.48. The minimum atomic E-state index is -4.21. The quantitative estimate of drug-likeness (QED) is 0.730. The number of fused-ring (bicyclic) bond motifs is 1. The number of likely N-dealkylation sites (tertiary alicyclic amines) is 1. The molecular formula is C21H27F3N6O2. The van der Waals surface area contributed by atoms with Crippen molar-refractivity contribution < 1.29 is 22.8 Å². The number of anilines is 3. The summed E-state index contributed by atoms with van der Waals surface area (Å²) in [4.78, 5) is 37.7. The molecule has 2 bridgehead atoms. The molecule has 1 atom stereocenters. The molecule has 0 spiro atoms. The zero-order chi connectivity index (χ0) is 23.2. The molecule has 0 radical (unpaired) electrons. The van der Waals surface area contributed by atoms with Crippen LogP contribution in [0.25, 0.3) is 0 Å². The van der Waals surface area contributed by atoms with Gasteiger partial charge in [-0.25, -0.2) is 4.98 Å². The van der Waals surface area contributed by atoms with Crippen molar-refractivity contribution in [3.05, 3.63) is 5.69 Å². The van der Waals surface area contributed by atoms with Gasteiger partial charge in [0.05, 0.1) is 22.6 Å². The van der Waals surface area contributed by atoms with E-state index in [0.29, 0.717) is 36.2 Å². The molecular weight excluding hydrogens is 425 g/mol. The van der Waals surface area contributed by atoms with Gasteiger partial charge in [0.15, 0.2) is 5.82 Å². The molecule has 3 heterocycles. The number of carbonyl (C=O) groups excluding carboxylic acids is 2. The molecule has 1 aromatic heterocycles. The lowest BCUT2D eigenvalue weighted by atomic mass is 9.34. The summed E-state index contributed by atoms with van der Waals surface area (Å²) >= 11 is 0. The summed E-state index contributed by atoms with van der Waals surface area (Å²) in [5, 5.41) is 6.13. The lowest BCUT2D eigenvalue weighted by molar-refractivity contribution is -0.353. The molecule has 4 fully saturated rings. The summed E-state index contributed by atoms with van der Waals surface area (Å²) in [7, 11) is 1.83. The lowest BCUT2D eigenvalue weighted by Crippen LogP contribution is -2.75. The Hall–Kier alpha value is -2.59. The van der Waals surface area contributed by atoms with Crippen LogP contribution in [-0.2, 0) is 9.59 Å². The molecule has 2 aliphatic heterocycles. The van der Waals surface area contributed by atoms with Gasteiger partial charge < -0.3 is 20.4 Å². The van der Waals surface area contributed by atoms with Crippen molar-refractivity contribution in [1.82, 2.24) is 14.9 Å². The lowest BCUT2D eigenvalue weighted by Gasteiger charge is -2.70. The first-order valence-electron chi connectivity index (χ1n) is 10.9. The van der Waals surface area contributed by atoms with Crippen LogP contribution in [-0.4, -0.2) is 65.1 Å². The number of hydrogen-bond donors (Lipinski definition) is 2. The van der Waals surface area contributed by atoms with Gasteiger partial charge >= 0.3 is 6.18 Å². The van der Waals surface area contributed by atoms with E-state index < -0.39 is 17.0 Å². The van der Waals surface area contributed by atoms with Gasteiger partial charge in [0, 0.05) is 20.1 Å². The van der Waals surface area contributed by atoms with Crippen LogP contribution in [0.1, 0.15) is 38.8 Å². The molecule has 6 rings (SSSR count). The molecule has 174 valence electrons. The van der Waals surface area contributed by atoms with Gasteiger partial charge in [-0.05, 0) is 32.1 Å². The van der Waals surface area contributed by atoms with Crippen molar-refractivity contribution in [2.45, 2.75) is 58.3 Å². The molecule has 3 saturated carbocycles. The van der Waals surface area contributed by atoms with Crippen LogP contribution in [0.5, 0.6) is 0 Å². The molecule has 1 unspecified atom stereocenters. The number of nitrogens with zero attached hydrogens (tertiary/aromatic N) is 4. The first-order chi connectivity index (χ1) is 14.9. The number of aromatic nitrogens is 2. The maximum absolute atomic E-state index is 13.1. The molecule has 8 nitrogen and oxygen atoms in total. The van der Waals surface area contributed by atoms with E-state index in [1.54, 1.807) is 11.8 Å². The fourth-order valence-electron chi connectivity index (χ4n) is 5.85. The smallest absolute Gasteiger partial charge is 0.348 e. The number of alkyl halides is 3. The maximum atomic E-state index is 13.1. The monoisotopic (exact) mass is 452 g/mol. The average molecular weight is 452 g/mol. The SMILES string of the molecule is Cc1nc(NC2CN(C(=O)C34CC(C(F)(F)F)(C3)C4)C2)nc2c1NC(=O)C(C(C)C)N2C. The van der Waals surface area contributed by atoms with Crippen LogP contribution >= 0.6 is 0 Å². The highest BCUT2D eigenvalue weighted by Crippen LogP contribution is 2.78. The summed E-state index contributed by atoms with van der Waals surface area (Å²) in [6.07, 6.45) is -4.42. The van der Waals surface area contributed by atoms with Crippen molar-refractivity contribution in [1.29, 1.82) is 0 Å². The Labute approximate surface area is 183 Å². The fourth-order valence-corrected chi connectivity index (χ4v) is 5.85. The third-order valence-electron chi connectivity index (χ3n) is 7.56. The van der Waals surface area contributed by atoms with Crippen molar-refractivity contribution in [2.24, 2.45) is 16.7 Å².